The van der Waals surface area contributed by atoms with Crippen LogP contribution in [0.4, 0.5) is 10.1 Å². The Bertz CT molecular complexity index is 444. The maximum absolute atomic E-state index is 13.9. The van der Waals surface area contributed by atoms with Crippen LogP contribution in [0.25, 0.3) is 0 Å². The number of nitrogens with two attached hydrogens (primary N) is 1. The first-order chi connectivity index (χ1) is 7.93. The summed E-state index contributed by atoms with van der Waals surface area (Å²) in [5.74, 6) is -1.43. The van der Waals surface area contributed by atoms with Crippen molar-refractivity contribution in [1.29, 1.82) is 0 Å². The maximum atomic E-state index is 13.9. The van der Waals surface area contributed by atoms with Gasteiger partial charge in [-0.2, -0.15) is 0 Å². The van der Waals surface area contributed by atoms with Crippen LogP contribution in [0.5, 0.6) is 0 Å². The smallest absolute Gasteiger partial charge is 0.313 e. The summed E-state index contributed by atoms with van der Waals surface area (Å²) in [6, 6.07) is 1.27. The summed E-state index contributed by atoms with van der Waals surface area (Å²) >= 11 is 0. The van der Waals surface area contributed by atoms with Gasteiger partial charge in [0.1, 0.15) is 5.82 Å². The zero-order chi connectivity index (χ0) is 13.2. The molecule has 0 radical (unpaired) electrons. The lowest BCUT2D eigenvalue weighted by Crippen LogP contribution is -2.17. The third-order valence-corrected chi connectivity index (χ3v) is 3.18. The van der Waals surface area contributed by atoms with Gasteiger partial charge in [0.2, 0.25) is 0 Å². The Labute approximate surface area is 101 Å². The second kappa shape index (κ2) is 5.17. The van der Waals surface area contributed by atoms with Crippen molar-refractivity contribution in [2.75, 3.05) is 12.8 Å². The summed E-state index contributed by atoms with van der Waals surface area (Å²) in [4.78, 5) is 11.6. The first kappa shape index (κ1) is 13.5. The molecule has 0 spiro atoms. The molecule has 0 heterocycles. The van der Waals surface area contributed by atoms with Crippen LogP contribution in [0.2, 0.25) is 0 Å². The molecule has 17 heavy (non-hydrogen) atoms. The number of nitrogen functional groups attached to an aromatic ring is 1. The molecule has 0 saturated heterocycles. The first-order valence-electron chi connectivity index (χ1n) is 5.56. The summed E-state index contributed by atoms with van der Waals surface area (Å²) in [6.45, 7) is 5.42. The van der Waals surface area contributed by atoms with Gasteiger partial charge in [-0.15, -0.1) is 0 Å². The second-order valence-corrected chi connectivity index (χ2v) is 4.10. The molecule has 0 aromatic heterocycles. The minimum atomic E-state index is -0.570. The Morgan fingerprint density at radius 2 is 2.06 bits per heavy atom. The molecule has 1 rings (SSSR count). The summed E-state index contributed by atoms with van der Waals surface area (Å²) in [5, 5.41) is 0. The highest BCUT2D eigenvalue weighted by atomic mass is 19.1. The molecule has 2 N–H and O–H groups in total. The molecule has 0 aliphatic rings. The zero-order valence-corrected chi connectivity index (χ0v) is 10.6. The van der Waals surface area contributed by atoms with Gasteiger partial charge in [-0.25, -0.2) is 4.39 Å². The number of hydrogen-bond acceptors (Lipinski definition) is 3. The minimum absolute atomic E-state index is 0.394. The molecule has 4 heteroatoms. The number of ether oxygens (including phenoxy) is 1. The Kier molecular flexibility index (Phi) is 4.10. The summed E-state index contributed by atoms with van der Waals surface area (Å²) in [5.41, 5.74) is 8.02. The van der Waals surface area contributed by atoms with Gasteiger partial charge in [0.05, 0.1) is 13.0 Å². The fourth-order valence-corrected chi connectivity index (χ4v) is 1.98. The van der Waals surface area contributed by atoms with E-state index in [-0.39, 0.29) is 0 Å². The van der Waals surface area contributed by atoms with E-state index in [2.05, 4.69) is 0 Å². The topological polar surface area (TPSA) is 52.3 Å². The molecule has 0 aliphatic carbocycles. The summed E-state index contributed by atoms with van der Waals surface area (Å²) < 4.78 is 18.6. The van der Waals surface area contributed by atoms with Crippen LogP contribution in [-0.2, 0) is 9.53 Å². The van der Waals surface area contributed by atoms with E-state index in [1.165, 1.54) is 13.2 Å². The van der Waals surface area contributed by atoms with Gasteiger partial charge < -0.3 is 10.5 Å². The van der Waals surface area contributed by atoms with Crippen LogP contribution in [0, 0.1) is 19.7 Å². The molecule has 0 bridgehead atoms. The largest absolute Gasteiger partial charge is 0.469 e. The number of halogens is 1. The molecule has 1 aromatic rings. The van der Waals surface area contributed by atoms with E-state index in [1.807, 2.05) is 13.8 Å². The Hall–Kier alpha value is -1.58. The van der Waals surface area contributed by atoms with E-state index in [0.29, 0.717) is 17.7 Å². The van der Waals surface area contributed by atoms with Crippen molar-refractivity contribution in [1.82, 2.24) is 0 Å². The first-order valence-corrected chi connectivity index (χ1v) is 5.56. The van der Waals surface area contributed by atoms with E-state index in [9.17, 15) is 9.18 Å². The third kappa shape index (κ3) is 2.40. The lowest BCUT2D eigenvalue weighted by Gasteiger charge is -2.18. The zero-order valence-electron chi connectivity index (χ0n) is 10.6. The number of carbonyl (C=O) groups is 1. The maximum Gasteiger partial charge on any atom is 0.313 e. The van der Waals surface area contributed by atoms with Gasteiger partial charge in [0.25, 0.3) is 0 Å². The standard InChI is InChI=1S/C13H18FNO2/c1-5-9(13(16)17-4)12-8(3)7(2)11(15)6-10(12)14/h6,9H,5,15H2,1-4H3/t9-/m0/s1. The Morgan fingerprint density at radius 1 is 1.47 bits per heavy atom. The van der Waals surface area contributed by atoms with Gasteiger partial charge in [0, 0.05) is 11.3 Å². The average molecular weight is 239 g/mol. The summed E-state index contributed by atoms with van der Waals surface area (Å²) in [6.07, 6.45) is 0.494. The molecule has 0 saturated carbocycles. The number of methoxy groups -OCH3 is 1. The lowest BCUT2D eigenvalue weighted by atomic mass is 9.89. The minimum Gasteiger partial charge on any atom is -0.469 e. The van der Waals surface area contributed by atoms with E-state index in [1.54, 1.807) is 6.92 Å². The normalized spacial score (nSPS) is 12.3. The van der Waals surface area contributed by atoms with Crippen molar-refractivity contribution in [3.63, 3.8) is 0 Å². The summed E-state index contributed by atoms with van der Waals surface area (Å²) in [7, 11) is 1.31. The molecular weight excluding hydrogens is 221 g/mol. The number of esters is 1. The molecule has 1 atom stereocenters. The molecule has 3 nitrogen and oxygen atoms in total. The number of hydrogen-bond donors (Lipinski definition) is 1. The third-order valence-electron chi connectivity index (χ3n) is 3.18. The highest BCUT2D eigenvalue weighted by molar-refractivity contribution is 5.79. The highest BCUT2D eigenvalue weighted by Gasteiger charge is 2.25. The van der Waals surface area contributed by atoms with Crippen LogP contribution < -0.4 is 5.73 Å². The SMILES string of the molecule is CC[C@H](C(=O)OC)c1c(F)cc(N)c(C)c1C. The van der Waals surface area contributed by atoms with Crippen molar-refractivity contribution < 1.29 is 13.9 Å². The lowest BCUT2D eigenvalue weighted by molar-refractivity contribution is -0.142. The fourth-order valence-electron chi connectivity index (χ4n) is 1.98. The number of carbonyl (C=O) groups excluding carboxylic acids is 1. The molecule has 94 valence electrons. The van der Waals surface area contributed by atoms with Gasteiger partial charge in [-0.05, 0) is 37.5 Å². The number of anilines is 1. The fraction of sp³-hybridized carbons (Fsp3) is 0.462. The molecule has 0 amide bonds. The van der Waals surface area contributed by atoms with E-state index in [0.717, 1.165) is 11.1 Å². The van der Waals surface area contributed by atoms with Crippen molar-refractivity contribution in [3.05, 3.63) is 28.6 Å². The van der Waals surface area contributed by atoms with Gasteiger partial charge >= 0.3 is 5.97 Å². The molecule has 1 aromatic carbocycles. The van der Waals surface area contributed by atoms with Gasteiger partial charge in [-0.1, -0.05) is 6.92 Å². The van der Waals surface area contributed by atoms with Crippen LogP contribution in [-0.4, -0.2) is 13.1 Å². The van der Waals surface area contributed by atoms with Gasteiger partial charge in [0.15, 0.2) is 0 Å². The predicted molar refractivity (Wildman–Crippen MR) is 65.3 cm³/mol. The molecule has 0 unspecified atom stereocenters. The van der Waals surface area contributed by atoms with Crippen LogP contribution in [0.1, 0.15) is 36.0 Å². The van der Waals surface area contributed by atoms with Crippen molar-refractivity contribution in [2.45, 2.75) is 33.1 Å². The van der Waals surface area contributed by atoms with Crippen molar-refractivity contribution in [3.8, 4) is 0 Å². The molecule has 0 aliphatic heterocycles. The van der Waals surface area contributed by atoms with Crippen molar-refractivity contribution >= 4 is 11.7 Å². The Balaban J connectivity index is 3.39. The monoisotopic (exact) mass is 239 g/mol. The van der Waals surface area contributed by atoms with Crippen LogP contribution >= 0.6 is 0 Å². The molecular formula is C13H18FNO2. The van der Waals surface area contributed by atoms with E-state index < -0.39 is 17.7 Å². The quantitative estimate of drug-likeness (QED) is 0.651. The van der Waals surface area contributed by atoms with Gasteiger partial charge in [-0.3, -0.25) is 4.79 Å². The Morgan fingerprint density at radius 3 is 2.53 bits per heavy atom. The molecule has 0 fully saturated rings. The number of rotatable bonds is 3. The number of benzene rings is 1. The van der Waals surface area contributed by atoms with E-state index >= 15 is 0 Å². The average Bonchev–Trinajstić information content (AvgIpc) is 2.30. The van der Waals surface area contributed by atoms with E-state index in [4.69, 9.17) is 10.5 Å². The second-order valence-electron chi connectivity index (χ2n) is 4.10. The predicted octanol–water partition coefficient (Wildman–Crippen LogP) is 2.69. The van der Waals surface area contributed by atoms with Crippen molar-refractivity contribution in [2.24, 2.45) is 0 Å². The van der Waals surface area contributed by atoms with Crippen LogP contribution in [0.3, 0.4) is 0 Å². The highest BCUT2D eigenvalue weighted by Crippen LogP contribution is 2.31. The van der Waals surface area contributed by atoms with Crippen LogP contribution in [0.15, 0.2) is 6.07 Å².